The maximum atomic E-state index is 13.2. The van der Waals surface area contributed by atoms with E-state index in [1.807, 2.05) is 0 Å². The number of carbonyl (C=O) groups is 3. The maximum absolute atomic E-state index is 13.2. The molecule has 0 spiro atoms. The lowest BCUT2D eigenvalue weighted by atomic mass is 10.2. The fraction of sp³-hybridized carbons (Fsp3) is 0.0952. The third-order valence-corrected chi connectivity index (χ3v) is 6.80. The van der Waals surface area contributed by atoms with Crippen molar-refractivity contribution < 1.29 is 23.5 Å². The minimum atomic E-state index is -0.624. The number of ether oxygens (including phenoxy) is 1. The second-order valence-corrected chi connectivity index (χ2v) is 9.98. The van der Waals surface area contributed by atoms with Crippen molar-refractivity contribution >= 4 is 97.4 Å². The van der Waals surface area contributed by atoms with Crippen LogP contribution in [0.5, 0.6) is 5.75 Å². The van der Waals surface area contributed by atoms with Gasteiger partial charge < -0.3 is 10.1 Å². The fourth-order valence-corrected chi connectivity index (χ4v) is 5.77. The van der Waals surface area contributed by atoms with Gasteiger partial charge in [-0.2, -0.15) is 0 Å². The van der Waals surface area contributed by atoms with Crippen LogP contribution in [0.15, 0.2) is 35.2 Å². The topological polar surface area (TPSA) is 75.7 Å². The molecule has 2 aromatic rings. The van der Waals surface area contributed by atoms with Gasteiger partial charge in [0.15, 0.2) is 0 Å². The fourth-order valence-electron chi connectivity index (χ4n) is 2.62. The van der Waals surface area contributed by atoms with Crippen molar-refractivity contribution in [3.05, 3.63) is 58.8 Å². The van der Waals surface area contributed by atoms with Gasteiger partial charge in [0, 0.05) is 5.69 Å². The normalized spacial score (nSPS) is 14.6. The molecule has 0 aromatic heterocycles. The molecule has 0 unspecified atom stereocenters. The molecule has 1 aliphatic rings. The number of hydrogen-bond acceptors (Lipinski definition) is 5. The zero-order valence-electron chi connectivity index (χ0n) is 16.0. The van der Waals surface area contributed by atoms with E-state index in [0.717, 1.165) is 29.9 Å². The van der Waals surface area contributed by atoms with Crippen LogP contribution in [0, 0.1) is 25.3 Å². The smallest absolute Gasteiger partial charge is 0.294 e. The molecule has 0 saturated carbocycles. The van der Waals surface area contributed by atoms with Crippen LogP contribution < -0.4 is 10.1 Å². The number of nitrogens with one attached hydrogen (secondary N) is 1. The number of amides is 3. The van der Waals surface area contributed by atoms with Crippen molar-refractivity contribution in [3.63, 3.8) is 0 Å². The van der Waals surface area contributed by atoms with Gasteiger partial charge in [0.2, 0.25) is 5.91 Å². The number of anilines is 1. The maximum Gasteiger partial charge on any atom is 0.294 e. The van der Waals surface area contributed by atoms with Crippen LogP contribution in [-0.2, 0) is 9.59 Å². The second-order valence-electron chi connectivity index (χ2n) is 6.25. The Bertz CT molecular complexity index is 1180. The van der Waals surface area contributed by atoms with Gasteiger partial charge in [0.25, 0.3) is 11.1 Å². The van der Waals surface area contributed by atoms with Gasteiger partial charge in [-0.25, -0.2) is 4.39 Å². The largest absolute Gasteiger partial charge is 0.479 e. The number of imide groups is 1. The third kappa shape index (κ3) is 5.94. The number of benzene rings is 2. The average molecular weight is 697 g/mol. The Kier molecular flexibility index (Phi) is 8.43. The standard InChI is InChI=1S/C21H12ClFI2N2O4S/c1-2-5-31-19-15(24)6-11(7-16(19)25)8-17-20(29)27(21(30)32-17)10-18(28)26-12-3-4-14(23)13(22)9-12/h1,3-4,6-9H,5,10H2,(H,26,28)/b17-8-. The van der Waals surface area contributed by atoms with Gasteiger partial charge in [-0.15, -0.1) is 6.42 Å². The molecule has 32 heavy (non-hydrogen) atoms. The Morgan fingerprint density at radius 1 is 1.28 bits per heavy atom. The van der Waals surface area contributed by atoms with E-state index in [1.54, 1.807) is 18.2 Å². The number of rotatable bonds is 6. The Morgan fingerprint density at radius 3 is 2.59 bits per heavy atom. The summed E-state index contributed by atoms with van der Waals surface area (Å²) in [5.41, 5.74) is 0.947. The van der Waals surface area contributed by atoms with Crippen LogP contribution in [-0.4, -0.2) is 35.1 Å². The van der Waals surface area contributed by atoms with Gasteiger partial charge >= 0.3 is 0 Å². The van der Waals surface area contributed by atoms with Gasteiger partial charge in [0.05, 0.1) is 17.1 Å². The number of thioether (sulfide) groups is 1. The van der Waals surface area contributed by atoms with E-state index in [1.165, 1.54) is 12.1 Å². The van der Waals surface area contributed by atoms with E-state index < -0.39 is 29.4 Å². The summed E-state index contributed by atoms with van der Waals surface area (Å²) in [5.74, 6) is 1.23. The first-order chi connectivity index (χ1) is 15.2. The molecule has 0 aliphatic carbocycles. The highest BCUT2D eigenvalue weighted by molar-refractivity contribution is 14.1. The minimum absolute atomic E-state index is 0.135. The van der Waals surface area contributed by atoms with Crippen molar-refractivity contribution in [2.75, 3.05) is 18.5 Å². The van der Waals surface area contributed by atoms with E-state index in [0.29, 0.717) is 11.3 Å². The summed E-state index contributed by atoms with van der Waals surface area (Å²) in [6, 6.07) is 7.27. The number of hydrogen-bond donors (Lipinski definition) is 1. The zero-order valence-corrected chi connectivity index (χ0v) is 21.8. The summed E-state index contributed by atoms with van der Waals surface area (Å²) >= 11 is 10.6. The number of carbonyl (C=O) groups excluding carboxylic acids is 3. The Hall–Kier alpha value is -1.82. The monoisotopic (exact) mass is 696 g/mol. The predicted octanol–water partition coefficient (Wildman–Crippen LogP) is 5.38. The quantitative estimate of drug-likeness (QED) is 0.250. The molecule has 1 fully saturated rings. The van der Waals surface area contributed by atoms with Crippen LogP contribution in [0.3, 0.4) is 0 Å². The number of nitrogens with zero attached hydrogens (tertiary/aromatic N) is 1. The van der Waals surface area contributed by atoms with Gasteiger partial charge in [-0.3, -0.25) is 19.3 Å². The van der Waals surface area contributed by atoms with Crippen molar-refractivity contribution in [2.24, 2.45) is 0 Å². The van der Waals surface area contributed by atoms with Crippen LogP contribution in [0.1, 0.15) is 5.56 Å². The molecule has 3 amide bonds. The highest BCUT2D eigenvalue weighted by Crippen LogP contribution is 2.34. The van der Waals surface area contributed by atoms with Crippen molar-refractivity contribution in [1.29, 1.82) is 0 Å². The number of halogens is 4. The van der Waals surface area contributed by atoms with Crippen LogP contribution >= 0.6 is 68.5 Å². The molecular weight excluding hydrogens is 685 g/mol. The minimum Gasteiger partial charge on any atom is -0.479 e. The van der Waals surface area contributed by atoms with Crippen LogP contribution in [0.4, 0.5) is 14.9 Å². The predicted molar refractivity (Wildman–Crippen MR) is 139 cm³/mol. The molecule has 0 radical (unpaired) electrons. The second kappa shape index (κ2) is 10.9. The van der Waals surface area contributed by atoms with E-state index in [2.05, 4.69) is 56.4 Å². The first-order valence-electron chi connectivity index (χ1n) is 8.75. The van der Waals surface area contributed by atoms with Crippen molar-refractivity contribution in [2.45, 2.75) is 0 Å². The lowest BCUT2D eigenvalue weighted by Gasteiger charge is -2.12. The van der Waals surface area contributed by atoms with Crippen LogP contribution in [0.2, 0.25) is 5.02 Å². The molecule has 2 aromatic carbocycles. The molecule has 1 heterocycles. The van der Waals surface area contributed by atoms with Gasteiger partial charge in [0.1, 0.15) is 24.7 Å². The summed E-state index contributed by atoms with van der Waals surface area (Å²) in [6.07, 6.45) is 6.81. The molecule has 3 rings (SSSR count). The molecule has 1 N–H and O–H groups in total. The molecule has 11 heteroatoms. The van der Waals surface area contributed by atoms with E-state index in [-0.39, 0.29) is 22.2 Å². The lowest BCUT2D eigenvalue weighted by molar-refractivity contribution is -0.127. The molecule has 1 saturated heterocycles. The van der Waals surface area contributed by atoms with Crippen molar-refractivity contribution in [1.82, 2.24) is 4.90 Å². The summed E-state index contributed by atoms with van der Waals surface area (Å²) < 4.78 is 20.4. The first-order valence-corrected chi connectivity index (χ1v) is 12.1. The summed E-state index contributed by atoms with van der Waals surface area (Å²) in [6.45, 7) is -0.346. The molecule has 0 bridgehead atoms. The Labute approximate surface area is 219 Å². The molecule has 0 atom stereocenters. The SMILES string of the molecule is C#CCOc1c(I)cc(/C=C2\SC(=O)N(CC(=O)Nc3ccc(F)c(Cl)c3)C2=O)cc1I. The summed E-state index contributed by atoms with van der Waals surface area (Å²) in [4.78, 5) is 38.3. The highest BCUT2D eigenvalue weighted by Gasteiger charge is 2.36. The van der Waals surface area contributed by atoms with E-state index >= 15 is 0 Å². The first kappa shape index (κ1) is 24.8. The van der Waals surface area contributed by atoms with E-state index in [9.17, 15) is 18.8 Å². The molecule has 164 valence electrons. The van der Waals surface area contributed by atoms with E-state index in [4.69, 9.17) is 22.8 Å². The number of terminal acetylenes is 1. The molecule has 1 aliphatic heterocycles. The van der Waals surface area contributed by atoms with Gasteiger partial charge in [-0.05, 0) is 98.9 Å². The molecular formula is C21H12ClFI2N2O4S. The average Bonchev–Trinajstić information content (AvgIpc) is 2.97. The van der Waals surface area contributed by atoms with Crippen molar-refractivity contribution in [3.8, 4) is 18.1 Å². The van der Waals surface area contributed by atoms with Crippen LogP contribution in [0.25, 0.3) is 6.08 Å². The third-order valence-electron chi connectivity index (χ3n) is 4.00. The van der Waals surface area contributed by atoms with Gasteiger partial charge in [-0.1, -0.05) is 17.5 Å². The Morgan fingerprint density at radius 2 is 1.97 bits per heavy atom. The summed E-state index contributed by atoms with van der Waals surface area (Å²) in [7, 11) is 0. The zero-order chi connectivity index (χ0) is 23.4. The lowest BCUT2D eigenvalue weighted by Crippen LogP contribution is -2.36. The Balaban J connectivity index is 1.72. The highest BCUT2D eigenvalue weighted by atomic mass is 127. The summed E-state index contributed by atoms with van der Waals surface area (Å²) in [5, 5.41) is 1.77. The molecule has 6 nitrogen and oxygen atoms in total.